The summed E-state index contributed by atoms with van der Waals surface area (Å²) in [5, 5.41) is 0. The first-order valence-electron chi connectivity index (χ1n) is 4.16. The van der Waals surface area contributed by atoms with Gasteiger partial charge in [0.15, 0.2) is 0 Å². The van der Waals surface area contributed by atoms with Gasteiger partial charge in [-0.3, -0.25) is 4.98 Å². The second-order valence-electron chi connectivity index (χ2n) is 2.61. The summed E-state index contributed by atoms with van der Waals surface area (Å²) in [6.45, 7) is 1.74. The van der Waals surface area contributed by atoms with Gasteiger partial charge in [0.2, 0.25) is 0 Å². The zero-order valence-electron chi connectivity index (χ0n) is 7.84. The first kappa shape index (κ1) is 12.0. The monoisotopic (exact) mass is 279 g/mol. The largest absolute Gasteiger partial charge is 0.462 e. The van der Waals surface area contributed by atoms with Crippen LogP contribution in [0.25, 0.3) is 0 Å². The Labute approximate surface area is 93.6 Å². The van der Waals surface area contributed by atoms with Crippen LogP contribution in [0.3, 0.4) is 0 Å². The standard InChI is InChI=1S/C9H8BrF2NO2/c1-2-15-9(14)7-5(8(11)12)3-13-4-6(7)10/h3-4,8H,2H2,1H3. The number of halogens is 3. The molecule has 0 bridgehead atoms. The number of carbonyl (C=O) groups excluding carboxylic acids is 1. The van der Waals surface area contributed by atoms with Crippen molar-refractivity contribution in [2.75, 3.05) is 6.61 Å². The second-order valence-corrected chi connectivity index (χ2v) is 3.46. The minimum Gasteiger partial charge on any atom is -0.462 e. The van der Waals surface area contributed by atoms with Gasteiger partial charge in [-0.2, -0.15) is 0 Å². The van der Waals surface area contributed by atoms with E-state index in [4.69, 9.17) is 0 Å². The van der Waals surface area contributed by atoms with Crippen molar-refractivity contribution in [3.8, 4) is 0 Å². The molecule has 0 amide bonds. The van der Waals surface area contributed by atoms with Crippen molar-refractivity contribution in [3.05, 3.63) is 28.0 Å². The molecule has 0 aliphatic heterocycles. The van der Waals surface area contributed by atoms with E-state index < -0.39 is 18.0 Å². The SMILES string of the molecule is CCOC(=O)c1c(Br)cncc1C(F)F. The van der Waals surface area contributed by atoms with Crippen LogP contribution in [0.4, 0.5) is 8.78 Å². The number of aromatic nitrogens is 1. The van der Waals surface area contributed by atoms with Gasteiger partial charge in [-0.15, -0.1) is 0 Å². The maximum Gasteiger partial charge on any atom is 0.339 e. The topological polar surface area (TPSA) is 39.2 Å². The quantitative estimate of drug-likeness (QED) is 0.799. The van der Waals surface area contributed by atoms with Crippen molar-refractivity contribution in [3.63, 3.8) is 0 Å². The molecule has 0 spiro atoms. The van der Waals surface area contributed by atoms with Gasteiger partial charge in [0.1, 0.15) is 0 Å². The molecule has 0 saturated heterocycles. The highest BCUT2D eigenvalue weighted by atomic mass is 79.9. The third-order valence-electron chi connectivity index (χ3n) is 1.64. The molecule has 6 heteroatoms. The van der Waals surface area contributed by atoms with E-state index in [2.05, 4.69) is 25.7 Å². The lowest BCUT2D eigenvalue weighted by atomic mass is 10.1. The Morgan fingerprint density at radius 3 is 2.80 bits per heavy atom. The lowest BCUT2D eigenvalue weighted by Crippen LogP contribution is -2.10. The predicted molar refractivity (Wildman–Crippen MR) is 52.9 cm³/mol. The summed E-state index contributed by atoms with van der Waals surface area (Å²) >= 11 is 2.99. The molecule has 0 N–H and O–H groups in total. The Morgan fingerprint density at radius 2 is 2.27 bits per heavy atom. The van der Waals surface area contributed by atoms with E-state index in [1.807, 2.05) is 0 Å². The minimum absolute atomic E-state index is 0.135. The van der Waals surface area contributed by atoms with E-state index in [0.29, 0.717) is 0 Å². The molecule has 15 heavy (non-hydrogen) atoms. The third kappa shape index (κ3) is 2.71. The van der Waals surface area contributed by atoms with Crippen LogP contribution in [0.1, 0.15) is 29.3 Å². The third-order valence-corrected chi connectivity index (χ3v) is 2.24. The first-order chi connectivity index (χ1) is 7.07. The number of carbonyl (C=O) groups is 1. The van der Waals surface area contributed by atoms with Gasteiger partial charge in [-0.05, 0) is 22.9 Å². The molecule has 0 radical (unpaired) electrons. The molecule has 1 aromatic rings. The van der Waals surface area contributed by atoms with Crippen molar-refractivity contribution in [2.24, 2.45) is 0 Å². The van der Waals surface area contributed by atoms with Crippen molar-refractivity contribution < 1.29 is 18.3 Å². The Morgan fingerprint density at radius 1 is 1.60 bits per heavy atom. The zero-order chi connectivity index (χ0) is 11.4. The molecule has 0 fully saturated rings. The van der Waals surface area contributed by atoms with Crippen LogP contribution < -0.4 is 0 Å². The summed E-state index contributed by atoms with van der Waals surface area (Å²) in [4.78, 5) is 15.0. The number of ether oxygens (including phenoxy) is 1. The number of rotatable bonds is 3. The summed E-state index contributed by atoms with van der Waals surface area (Å²) in [5.74, 6) is -0.776. The van der Waals surface area contributed by atoms with Crippen LogP contribution in [-0.2, 0) is 4.74 Å². The molecular weight excluding hydrogens is 272 g/mol. The molecule has 82 valence electrons. The summed E-state index contributed by atoms with van der Waals surface area (Å²) in [5.41, 5.74) is -0.593. The smallest absolute Gasteiger partial charge is 0.339 e. The van der Waals surface area contributed by atoms with Gasteiger partial charge in [-0.25, -0.2) is 13.6 Å². The predicted octanol–water partition coefficient (Wildman–Crippen LogP) is 2.96. The molecule has 0 saturated carbocycles. The molecule has 1 heterocycles. The minimum atomic E-state index is -2.76. The van der Waals surface area contributed by atoms with Gasteiger partial charge in [0.25, 0.3) is 6.43 Å². The van der Waals surface area contributed by atoms with Crippen molar-refractivity contribution in [1.29, 1.82) is 0 Å². The normalized spacial score (nSPS) is 10.5. The van der Waals surface area contributed by atoms with Crippen LogP contribution in [0.5, 0.6) is 0 Å². The molecule has 0 aliphatic carbocycles. The Bertz CT molecular complexity index is 371. The molecule has 0 atom stereocenters. The van der Waals surface area contributed by atoms with Crippen LogP contribution in [0.15, 0.2) is 16.9 Å². The summed E-state index contributed by atoms with van der Waals surface area (Å²) in [6.07, 6.45) is -0.519. The van der Waals surface area contributed by atoms with Gasteiger partial charge < -0.3 is 4.74 Å². The lowest BCUT2D eigenvalue weighted by Gasteiger charge is -2.08. The highest BCUT2D eigenvalue weighted by molar-refractivity contribution is 9.10. The molecule has 0 aliphatic rings. The highest BCUT2D eigenvalue weighted by Gasteiger charge is 2.22. The van der Waals surface area contributed by atoms with Crippen LogP contribution in [-0.4, -0.2) is 17.6 Å². The van der Waals surface area contributed by atoms with Crippen LogP contribution >= 0.6 is 15.9 Å². The van der Waals surface area contributed by atoms with Gasteiger partial charge >= 0.3 is 5.97 Å². The van der Waals surface area contributed by atoms with Crippen LogP contribution in [0.2, 0.25) is 0 Å². The molecular formula is C9H8BrF2NO2. The number of hydrogen-bond donors (Lipinski definition) is 0. The number of esters is 1. The number of alkyl halides is 2. The van der Waals surface area contributed by atoms with E-state index in [1.54, 1.807) is 6.92 Å². The fourth-order valence-electron chi connectivity index (χ4n) is 1.03. The van der Waals surface area contributed by atoms with Crippen molar-refractivity contribution >= 4 is 21.9 Å². The van der Waals surface area contributed by atoms with Gasteiger partial charge in [0.05, 0.1) is 22.2 Å². The molecule has 1 aromatic heterocycles. The molecule has 0 unspecified atom stereocenters. The second kappa shape index (κ2) is 5.16. The summed E-state index contributed by atoms with van der Waals surface area (Å²) < 4.78 is 30.0. The van der Waals surface area contributed by atoms with Crippen molar-refractivity contribution in [1.82, 2.24) is 4.98 Å². The lowest BCUT2D eigenvalue weighted by molar-refractivity contribution is 0.0514. The fourth-order valence-corrected chi connectivity index (χ4v) is 1.54. The zero-order valence-corrected chi connectivity index (χ0v) is 9.42. The average Bonchev–Trinajstić information content (AvgIpc) is 2.17. The number of pyridine rings is 1. The van der Waals surface area contributed by atoms with Crippen LogP contribution in [0, 0.1) is 0 Å². The van der Waals surface area contributed by atoms with E-state index >= 15 is 0 Å². The Balaban J connectivity index is 3.18. The summed E-state index contributed by atoms with van der Waals surface area (Å²) in [7, 11) is 0. The summed E-state index contributed by atoms with van der Waals surface area (Å²) in [6, 6.07) is 0. The maximum absolute atomic E-state index is 12.5. The van der Waals surface area contributed by atoms with Gasteiger partial charge in [0, 0.05) is 12.4 Å². The van der Waals surface area contributed by atoms with Crippen molar-refractivity contribution in [2.45, 2.75) is 13.3 Å². The average molecular weight is 280 g/mol. The van der Waals surface area contributed by atoms with E-state index in [1.165, 1.54) is 6.20 Å². The molecule has 0 aromatic carbocycles. The van der Waals surface area contributed by atoms with E-state index in [9.17, 15) is 13.6 Å². The fraction of sp³-hybridized carbons (Fsp3) is 0.333. The Hall–Kier alpha value is -1.04. The number of nitrogens with zero attached hydrogens (tertiary/aromatic N) is 1. The highest BCUT2D eigenvalue weighted by Crippen LogP contribution is 2.27. The van der Waals surface area contributed by atoms with Gasteiger partial charge in [-0.1, -0.05) is 0 Å². The van der Waals surface area contributed by atoms with E-state index in [0.717, 1.165) is 6.20 Å². The number of hydrogen-bond acceptors (Lipinski definition) is 3. The maximum atomic E-state index is 12.5. The first-order valence-corrected chi connectivity index (χ1v) is 4.95. The Kier molecular flexibility index (Phi) is 4.14. The van der Waals surface area contributed by atoms with E-state index in [-0.39, 0.29) is 16.6 Å². The molecule has 3 nitrogen and oxygen atoms in total. The molecule has 1 rings (SSSR count).